The Balaban J connectivity index is 1.20. The number of likely N-dealkylation sites (tertiary alicyclic amines) is 1. The number of rotatable bonds is 10. The van der Waals surface area contributed by atoms with Gasteiger partial charge >= 0.3 is 6.09 Å². The zero-order chi connectivity index (χ0) is 27.9. The number of hydrogen-bond donors (Lipinski definition) is 2. The Morgan fingerprint density at radius 3 is 2.60 bits per heavy atom. The lowest BCUT2D eigenvalue weighted by molar-refractivity contribution is 0.0868. The van der Waals surface area contributed by atoms with Crippen molar-refractivity contribution >= 4 is 39.3 Å². The maximum absolute atomic E-state index is 12.6. The molecule has 1 aliphatic heterocycles. The number of halogens is 1. The molecular weight excluding hydrogens is 572 g/mol. The van der Waals surface area contributed by atoms with Gasteiger partial charge in [-0.05, 0) is 60.1 Å². The maximum atomic E-state index is 12.6. The molecule has 1 aliphatic rings. The third-order valence-corrected chi connectivity index (χ3v) is 7.55. The number of carbonyl (C=O) groups is 1. The van der Waals surface area contributed by atoms with E-state index in [9.17, 15) is 4.79 Å². The van der Waals surface area contributed by atoms with Gasteiger partial charge in [-0.15, -0.1) is 0 Å². The van der Waals surface area contributed by atoms with Crippen LogP contribution in [0.3, 0.4) is 0 Å². The molecule has 5 rings (SSSR count). The first-order valence-electron chi connectivity index (χ1n) is 13.5. The van der Waals surface area contributed by atoms with Crippen molar-refractivity contribution in [3.8, 4) is 0 Å². The summed E-state index contributed by atoms with van der Waals surface area (Å²) in [6.07, 6.45) is 5.02. The fourth-order valence-corrected chi connectivity index (χ4v) is 5.04. The highest BCUT2D eigenvalue weighted by Gasteiger charge is 2.26. The summed E-state index contributed by atoms with van der Waals surface area (Å²) in [4.78, 5) is 26.0. The molecular formula is C29H35BrN8O2. The van der Waals surface area contributed by atoms with Crippen molar-refractivity contribution < 1.29 is 9.53 Å². The van der Waals surface area contributed by atoms with Crippen LogP contribution in [-0.2, 0) is 17.9 Å². The summed E-state index contributed by atoms with van der Waals surface area (Å²) in [5, 5.41) is 11.4. The number of pyridine rings is 1. The minimum atomic E-state index is -0.265. The van der Waals surface area contributed by atoms with Gasteiger partial charge < -0.3 is 25.2 Å². The number of nitrogens with zero attached hydrogens (tertiary/aromatic N) is 6. The second-order valence-corrected chi connectivity index (χ2v) is 11.1. The molecule has 1 fully saturated rings. The number of ether oxygens (including phenoxy) is 1. The number of anilines is 2. The zero-order valence-corrected chi connectivity index (χ0v) is 24.5. The Hall–Kier alpha value is -3.70. The van der Waals surface area contributed by atoms with Crippen LogP contribution in [0.25, 0.3) is 5.65 Å². The summed E-state index contributed by atoms with van der Waals surface area (Å²) in [6.45, 7) is 3.95. The Bertz CT molecular complexity index is 1400. The van der Waals surface area contributed by atoms with E-state index in [1.54, 1.807) is 11.1 Å². The van der Waals surface area contributed by atoms with Crippen molar-refractivity contribution in [1.29, 1.82) is 0 Å². The molecule has 11 heteroatoms. The van der Waals surface area contributed by atoms with Crippen LogP contribution in [0.4, 0.5) is 16.4 Å². The van der Waals surface area contributed by atoms with Crippen LogP contribution in [0, 0.1) is 0 Å². The van der Waals surface area contributed by atoms with E-state index >= 15 is 0 Å². The van der Waals surface area contributed by atoms with E-state index in [4.69, 9.17) is 9.72 Å². The van der Waals surface area contributed by atoms with Gasteiger partial charge in [0.1, 0.15) is 18.2 Å². The highest BCUT2D eigenvalue weighted by molar-refractivity contribution is 9.10. The normalized spacial score (nSPS) is 14.1. The third kappa shape index (κ3) is 7.08. The number of piperidine rings is 1. The third-order valence-electron chi connectivity index (χ3n) is 6.99. The lowest BCUT2D eigenvalue weighted by atomic mass is 9.93. The Morgan fingerprint density at radius 1 is 1.07 bits per heavy atom. The van der Waals surface area contributed by atoms with Crippen molar-refractivity contribution in [3.05, 3.63) is 82.2 Å². The molecule has 0 spiro atoms. The molecule has 10 nitrogen and oxygen atoms in total. The van der Waals surface area contributed by atoms with Crippen LogP contribution in [0.2, 0.25) is 0 Å². The summed E-state index contributed by atoms with van der Waals surface area (Å²) >= 11 is 3.59. The number of hydrogen-bond acceptors (Lipinski definition) is 8. The SMILES string of the molecule is CN(C)CCNc1ccc(CNc2cc(C3CCN(C(=O)OCc4ccccc4)CC3)nc3c(Br)cnn23)cn1. The van der Waals surface area contributed by atoms with Gasteiger partial charge in [-0.3, -0.25) is 0 Å². The van der Waals surface area contributed by atoms with E-state index in [-0.39, 0.29) is 18.6 Å². The molecule has 0 saturated carbocycles. The molecule has 1 saturated heterocycles. The van der Waals surface area contributed by atoms with Crippen LogP contribution >= 0.6 is 15.9 Å². The fourth-order valence-electron chi connectivity index (χ4n) is 4.69. The molecule has 4 heterocycles. The van der Waals surface area contributed by atoms with Crippen LogP contribution in [0.1, 0.15) is 35.6 Å². The first-order chi connectivity index (χ1) is 19.5. The Labute approximate surface area is 242 Å². The van der Waals surface area contributed by atoms with Crippen LogP contribution in [0.5, 0.6) is 0 Å². The average molecular weight is 608 g/mol. The smallest absolute Gasteiger partial charge is 0.410 e. The summed E-state index contributed by atoms with van der Waals surface area (Å²) in [5.74, 6) is 1.97. The number of likely N-dealkylation sites (N-methyl/N-ethyl adjacent to an activating group) is 1. The Morgan fingerprint density at radius 2 is 1.88 bits per heavy atom. The molecule has 3 aromatic heterocycles. The van der Waals surface area contributed by atoms with Crippen molar-refractivity contribution in [2.45, 2.75) is 31.9 Å². The van der Waals surface area contributed by atoms with Gasteiger partial charge in [0.2, 0.25) is 0 Å². The fraction of sp³-hybridized carbons (Fsp3) is 0.379. The molecule has 1 aromatic carbocycles. The topological polar surface area (TPSA) is 99.9 Å². The second-order valence-electron chi connectivity index (χ2n) is 10.2. The number of carbonyl (C=O) groups excluding carboxylic acids is 1. The largest absolute Gasteiger partial charge is 0.445 e. The van der Waals surface area contributed by atoms with Gasteiger partial charge in [-0.2, -0.15) is 9.61 Å². The average Bonchev–Trinajstić information content (AvgIpc) is 3.36. The summed E-state index contributed by atoms with van der Waals surface area (Å²) in [7, 11) is 4.10. The van der Waals surface area contributed by atoms with E-state index in [0.717, 1.165) is 64.5 Å². The molecule has 0 radical (unpaired) electrons. The van der Waals surface area contributed by atoms with E-state index in [1.807, 2.05) is 47.1 Å². The van der Waals surface area contributed by atoms with Crippen molar-refractivity contribution in [2.75, 3.05) is 50.9 Å². The maximum Gasteiger partial charge on any atom is 0.410 e. The molecule has 1 amide bonds. The summed E-state index contributed by atoms with van der Waals surface area (Å²) in [5.41, 5.74) is 3.81. The first-order valence-corrected chi connectivity index (χ1v) is 14.3. The van der Waals surface area contributed by atoms with Gasteiger partial charge in [0.25, 0.3) is 0 Å². The summed E-state index contributed by atoms with van der Waals surface area (Å²) < 4.78 is 8.19. The molecule has 2 N–H and O–H groups in total. The predicted molar refractivity (Wildman–Crippen MR) is 159 cm³/mol. The minimum Gasteiger partial charge on any atom is -0.445 e. The molecule has 0 bridgehead atoms. The molecule has 210 valence electrons. The molecule has 4 aromatic rings. The second kappa shape index (κ2) is 13.1. The lowest BCUT2D eigenvalue weighted by Gasteiger charge is -2.31. The highest BCUT2D eigenvalue weighted by atomic mass is 79.9. The zero-order valence-electron chi connectivity index (χ0n) is 22.9. The Kier molecular flexibility index (Phi) is 9.12. The molecule has 40 heavy (non-hydrogen) atoms. The summed E-state index contributed by atoms with van der Waals surface area (Å²) in [6, 6.07) is 15.9. The predicted octanol–water partition coefficient (Wildman–Crippen LogP) is 4.99. The van der Waals surface area contributed by atoms with Gasteiger partial charge in [0, 0.05) is 56.6 Å². The van der Waals surface area contributed by atoms with Crippen LogP contribution < -0.4 is 10.6 Å². The number of benzene rings is 1. The first kappa shape index (κ1) is 27.9. The van der Waals surface area contributed by atoms with E-state index in [0.29, 0.717) is 19.6 Å². The monoisotopic (exact) mass is 606 g/mol. The van der Waals surface area contributed by atoms with Crippen LogP contribution in [0.15, 0.2) is 65.4 Å². The quantitative estimate of drug-likeness (QED) is 0.260. The number of amides is 1. The van der Waals surface area contributed by atoms with Gasteiger partial charge in [0.05, 0.1) is 10.7 Å². The van der Waals surface area contributed by atoms with Crippen LogP contribution in [-0.4, -0.2) is 75.7 Å². The van der Waals surface area contributed by atoms with Gasteiger partial charge in [-0.1, -0.05) is 36.4 Å². The van der Waals surface area contributed by atoms with Crippen molar-refractivity contribution in [2.24, 2.45) is 0 Å². The van der Waals surface area contributed by atoms with Crippen molar-refractivity contribution in [3.63, 3.8) is 0 Å². The number of aromatic nitrogens is 4. The van der Waals surface area contributed by atoms with E-state index in [1.165, 1.54) is 0 Å². The standard InChI is InChI=1S/C29H35BrN8O2/c1-36(2)15-12-31-26-9-8-22(17-32-26)18-33-27-16-25(35-28-24(30)19-34-38(27)28)23-10-13-37(14-11-23)29(39)40-20-21-6-4-3-5-7-21/h3-9,16-17,19,23,33H,10-15,18,20H2,1-2H3,(H,31,32). The van der Waals surface area contributed by atoms with Gasteiger partial charge in [-0.25, -0.2) is 14.8 Å². The number of nitrogens with one attached hydrogen (secondary N) is 2. The molecule has 0 atom stereocenters. The minimum absolute atomic E-state index is 0.236. The van der Waals surface area contributed by atoms with Gasteiger partial charge in [0.15, 0.2) is 5.65 Å². The molecule has 0 unspecified atom stereocenters. The number of fused-ring (bicyclic) bond motifs is 1. The van der Waals surface area contributed by atoms with E-state index < -0.39 is 0 Å². The van der Waals surface area contributed by atoms with Crippen molar-refractivity contribution in [1.82, 2.24) is 29.4 Å². The highest BCUT2D eigenvalue weighted by Crippen LogP contribution is 2.31. The lowest BCUT2D eigenvalue weighted by Crippen LogP contribution is -2.38. The molecule has 0 aliphatic carbocycles. The van der Waals surface area contributed by atoms with E-state index in [2.05, 4.69) is 67.8 Å².